The van der Waals surface area contributed by atoms with Crippen LogP contribution in [0.2, 0.25) is 0 Å². The van der Waals surface area contributed by atoms with Crippen LogP contribution in [0.4, 0.5) is 0 Å². The van der Waals surface area contributed by atoms with Gasteiger partial charge in [0.2, 0.25) is 0 Å². The predicted molar refractivity (Wildman–Crippen MR) is 138 cm³/mol. The molecule has 1 atom stereocenters. The number of hydrogen-bond acceptors (Lipinski definition) is 8. The average molecular weight is 511 g/mol. The van der Waals surface area contributed by atoms with E-state index >= 15 is 0 Å². The van der Waals surface area contributed by atoms with Gasteiger partial charge in [-0.3, -0.25) is 9.59 Å². The second kappa shape index (κ2) is 11.6. The van der Waals surface area contributed by atoms with E-state index < -0.39 is 17.7 Å². The maximum Gasteiger partial charge on any atom is 0.295 e. The van der Waals surface area contributed by atoms with E-state index in [9.17, 15) is 14.7 Å². The summed E-state index contributed by atoms with van der Waals surface area (Å²) in [5, 5.41) is 11.4. The van der Waals surface area contributed by atoms with E-state index in [0.29, 0.717) is 73.5 Å². The molecule has 2 aliphatic heterocycles. The molecule has 1 N–H and O–H groups in total. The minimum Gasteiger partial charge on any atom is -0.507 e. The lowest BCUT2D eigenvalue weighted by molar-refractivity contribution is -0.139. The number of hydrogen-bond donors (Lipinski definition) is 1. The lowest BCUT2D eigenvalue weighted by Gasteiger charge is -2.26. The van der Waals surface area contributed by atoms with Gasteiger partial charge in [-0.15, -0.1) is 0 Å². The summed E-state index contributed by atoms with van der Waals surface area (Å²) in [4.78, 5) is 30.1. The largest absolute Gasteiger partial charge is 0.507 e. The van der Waals surface area contributed by atoms with Gasteiger partial charge in [-0.2, -0.15) is 0 Å². The van der Waals surface area contributed by atoms with Crippen molar-refractivity contribution in [2.45, 2.75) is 26.3 Å². The van der Waals surface area contributed by atoms with Crippen LogP contribution in [-0.4, -0.2) is 80.2 Å². The van der Waals surface area contributed by atoms with Crippen molar-refractivity contribution in [3.8, 4) is 23.0 Å². The Bertz CT molecular complexity index is 1190. The normalized spacial score (nSPS) is 18.4. The number of aliphatic hydroxyl groups is 1. The van der Waals surface area contributed by atoms with E-state index in [0.717, 1.165) is 6.54 Å². The molecule has 0 aromatic heterocycles. The maximum atomic E-state index is 13.3. The highest BCUT2D eigenvalue weighted by Crippen LogP contribution is 2.43. The molecule has 0 saturated carbocycles. The molecule has 9 nitrogen and oxygen atoms in total. The van der Waals surface area contributed by atoms with Crippen LogP contribution in [0.3, 0.4) is 0 Å². The van der Waals surface area contributed by atoms with Crippen LogP contribution in [0.1, 0.15) is 37.4 Å². The molecule has 9 heteroatoms. The van der Waals surface area contributed by atoms with Crippen molar-refractivity contribution in [1.82, 2.24) is 9.80 Å². The average Bonchev–Trinajstić information content (AvgIpc) is 3.14. The van der Waals surface area contributed by atoms with Gasteiger partial charge in [-0.1, -0.05) is 6.07 Å². The molecule has 0 bridgehead atoms. The number of amides is 1. The fourth-order valence-corrected chi connectivity index (χ4v) is 4.60. The highest BCUT2D eigenvalue weighted by Gasteiger charge is 2.46. The van der Waals surface area contributed by atoms with Gasteiger partial charge in [0.1, 0.15) is 19.0 Å². The summed E-state index contributed by atoms with van der Waals surface area (Å²) in [6.07, 6.45) is 0.663. The van der Waals surface area contributed by atoms with Gasteiger partial charge in [0, 0.05) is 12.1 Å². The van der Waals surface area contributed by atoms with Gasteiger partial charge < -0.3 is 33.9 Å². The van der Waals surface area contributed by atoms with Crippen LogP contribution in [0.15, 0.2) is 42.0 Å². The Morgan fingerprint density at radius 2 is 1.70 bits per heavy atom. The molecule has 2 aromatic carbocycles. The SMILES string of the molecule is CCOc1ccc([C@@H]2/C(=C(\O)c3ccc4c(c3)OCCO4)C(=O)C(=O)N2CCCN(C)C)cc1OCC. The summed E-state index contributed by atoms with van der Waals surface area (Å²) < 4.78 is 22.7. The molecule has 37 heavy (non-hydrogen) atoms. The van der Waals surface area contributed by atoms with E-state index in [1.165, 1.54) is 4.90 Å². The molecule has 1 saturated heterocycles. The first-order valence-corrected chi connectivity index (χ1v) is 12.6. The Labute approximate surface area is 217 Å². The van der Waals surface area contributed by atoms with Gasteiger partial charge in [-0.05, 0) is 76.8 Å². The molecule has 0 unspecified atom stereocenters. The maximum absolute atomic E-state index is 13.3. The number of aliphatic hydroxyl groups excluding tert-OH is 1. The number of ketones is 1. The fraction of sp³-hybridized carbons (Fsp3) is 0.429. The molecule has 2 aliphatic rings. The van der Waals surface area contributed by atoms with E-state index in [1.54, 1.807) is 36.4 Å². The summed E-state index contributed by atoms with van der Waals surface area (Å²) in [5.41, 5.74) is 1.05. The van der Waals surface area contributed by atoms with Crippen LogP contribution < -0.4 is 18.9 Å². The Morgan fingerprint density at radius 1 is 1.00 bits per heavy atom. The first-order chi connectivity index (χ1) is 17.8. The monoisotopic (exact) mass is 510 g/mol. The fourth-order valence-electron chi connectivity index (χ4n) is 4.60. The zero-order valence-electron chi connectivity index (χ0n) is 21.8. The van der Waals surface area contributed by atoms with Crippen LogP contribution in [-0.2, 0) is 9.59 Å². The summed E-state index contributed by atoms with van der Waals surface area (Å²) in [5.74, 6) is 0.499. The number of likely N-dealkylation sites (tertiary alicyclic amines) is 1. The standard InChI is InChI=1S/C28H34N2O7/c1-5-34-20-10-8-18(16-22(20)35-6-2)25-24(27(32)28(33)30(25)13-7-12-29(3)4)26(31)19-9-11-21-23(17-19)37-15-14-36-21/h8-11,16-17,25,31H,5-7,12-15H2,1-4H3/b26-24+/t25-/m1/s1. The highest BCUT2D eigenvalue weighted by molar-refractivity contribution is 6.46. The molecule has 1 amide bonds. The Kier molecular flexibility index (Phi) is 8.23. The quantitative estimate of drug-likeness (QED) is 0.294. The second-order valence-electron chi connectivity index (χ2n) is 9.08. The first-order valence-electron chi connectivity index (χ1n) is 12.6. The lowest BCUT2D eigenvalue weighted by atomic mass is 9.94. The minimum atomic E-state index is -0.787. The van der Waals surface area contributed by atoms with Crippen LogP contribution in [0.25, 0.3) is 5.76 Å². The van der Waals surface area contributed by atoms with Crippen molar-refractivity contribution in [2.75, 3.05) is 53.6 Å². The van der Waals surface area contributed by atoms with E-state index in [4.69, 9.17) is 18.9 Å². The molecule has 4 rings (SSSR count). The van der Waals surface area contributed by atoms with Gasteiger partial charge in [-0.25, -0.2) is 0 Å². The zero-order chi connectivity index (χ0) is 26.5. The second-order valence-corrected chi connectivity index (χ2v) is 9.08. The molecule has 0 radical (unpaired) electrons. The van der Waals surface area contributed by atoms with E-state index in [1.807, 2.05) is 32.8 Å². The van der Waals surface area contributed by atoms with Crippen LogP contribution in [0.5, 0.6) is 23.0 Å². The Morgan fingerprint density at radius 3 is 2.41 bits per heavy atom. The molecular weight excluding hydrogens is 476 g/mol. The number of rotatable bonds is 10. The third-order valence-corrected chi connectivity index (χ3v) is 6.24. The minimum absolute atomic E-state index is 0.0261. The van der Waals surface area contributed by atoms with Gasteiger partial charge in [0.05, 0.1) is 24.8 Å². The number of benzene rings is 2. The van der Waals surface area contributed by atoms with Gasteiger partial charge >= 0.3 is 0 Å². The highest BCUT2D eigenvalue weighted by atomic mass is 16.6. The topological polar surface area (TPSA) is 97.8 Å². The van der Waals surface area contributed by atoms with Crippen molar-refractivity contribution in [3.05, 3.63) is 53.1 Å². The van der Waals surface area contributed by atoms with Gasteiger partial charge in [0.15, 0.2) is 23.0 Å². The summed E-state index contributed by atoms with van der Waals surface area (Å²) in [7, 11) is 3.91. The van der Waals surface area contributed by atoms with Crippen molar-refractivity contribution < 1.29 is 33.6 Å². The number of Topliss-reactive ketones (excluding diaryl/α,β-unsaturated/α-hetero) is 1. The molecule has 2 aromatic rings. The van der Waals surface area contributed by atoms with Crippen molar-refractivity contribution in [1.29, 1.82) is 0 Å². The van der Waals surface area contributed by atoms with Crippen molar-refractivity contribution in [3.63, 3.8) is 0 Å². The van der Waals surface area contributed by atoms with Gasteiger partial charge in [0.25, 0.3) is 11.7 Å². The zero-order valence-corrected chi connectivity index (χ0v) is 21.8. The van der Waals surface area contributed by atoms with Crippen molar-refractivity contribution >= 4 is 17.4 Å². The van der Waals surface area contributed by atoms with E-state index in [-0.39, 0.29) is 11.3 Å². The number of carbonyl (C=O) groups excluding carboxylic acids is 2. The number of nitrogens with zero attached hydrogens (tertiary/aromatic N) is 2. The first kappa shape index (κ1) is 26.3. The molecule has 0 aliphatic carbocycles. The third-order valence-electron chi connectivity index (χ3n) is 6.24. The van der Waals surface area contributed by atoms with Crippen molar-refractivity contribution in [2.24, 2.45) is 0 Å². The predicted octanol–water partition coefficient (Wildman–Crippen LogP) is 3.63. The van der Waals surface area contributed by atoms with E-state index in [2.05, 4.69) is 0 Å². The Balaban J connectivity index is 1.82. The number of fused-ring (bicyclic) bond motifs is 1. The summed E-state index contributed by atoms with van der Waals surface area (Å²) in [6, 6.07) is 9.54. The molecule has 198 valence electrons. The Hall–Kier alpha value is -3.72. The van der Waals surface area contributed by atoms with Crippen LogP contribution >= 0.6 is 0 Å². The molecular formula is C28H34N2O7. The number of carbonyl (C=O) groups is 2. The number of ether oxygens (including phenoxy) is 4. The smallest absolute Gasteiger partial charge is 0.295 e. The summed E-state index contributed by atoms with van der Waals surface area (Å²) in [6.45, 7) is 6.56. The third kappa shape index (κ3) is 5.51. The van der Waals surface area contributed by atoms with Crippen LogP contribution in [0, 0.1) is 0 Å². The molecule has 1 fully saturated rings. The molecule has 0 spiro atoms. The lowest BCUT2D eigenvalue weighted by Crippen LogP contribution is -2.32. The summed E-state index contributed by atoms with van der Waals surface area (Å²) >= 11 is 0. The molecule has 2 heterocycles.